The number of benzene rings is 3. The van der Waals surface area contributed by atoms with Crippen molar-refractivity contribution >= 4 is 27.7 Å². The molecule has 3 aromatic rings. The summed E-state index contributed by atoms with van der Waals surface area (Å²) in [6, 6.07) is 21.2. The monoisotopic (exact) mass is 594 g/mol. The second kappa shape index (κ2) is 13.9. The molecule has 8 nitrogen and oxygen atoms in total. The van der Waals surface area contributed by atoms with E-state index in [2.05, 4.69) is 5.32 Å². The third kappa shape index (κ3) is 7.74. The van der Waals surface area contributed by atoms with Crippen LogP contribution in [-0.2, 0) is 32.8 Å². The molecule has 1 aliphatic rings. The van der Waals surface area contributed by atoms with E-state index >= 15 is 0 Å². The van der Waals surface area contributed by atoms with Crippen molar-refractivity contribution in [1.82, 2.24) is 14.5 Å². The minimum Gasteiger partial charge on any atom is -0.352 e. The fourth-order valence-corrected chi connectivity index (χ4v) is 6.27. The van der Waals surface area contributed by atoms with Gasteiger partial charge in [-0.25, -0.2) is 8.70 Å². The topological polar surface area (TPSA) is 90.0 Å². The van der Waals surface area contributed by atoms with Gasteiger partial charge in [0.1, 0.15) is 18.4 Å². The lowest BCUT2D eigenvalue weighted by molar-refractivity contribution is -0.140. The Bertz CT molecular complexity index is 1460. The van der Waals surface area contributed by atoms with E-state index in [0.717, 1.165) is 63.1 Å². The fraction of sp³-hybridized carbons (Fsp3) is 0.375. The summed E-state index contributed by atoms with van der Waals surface area (Å²) in [5.74, 6) is -1.34. The first-order valence-corrected chi connectivity index (χ1v) is 15.6. The highest BCUT2D eigenvalue weighted by molar-refractivity contribution is 7.90. The Hall–Kier alpha value is -3.76. The van der Waals surface area contributed by atoms with Crippen LogP contribution < -0.4 is 9.62 Å². The number of carbonyl (C=O) groups is 2. The third-order valence-corrected chi connectivity index (χ3v) is 9.53. The molecule has 0 spiro atoms. The molecule has 4 rings (SSSR count). The molecule has 1 atom stereocenters. The molecule has 0 bridgehead atoms. The Morgan fingerprint density at radius 1 is 0.929 bits per heavy atom. The Labute approximate surface area is 248 Å². The van der Waals surface area contributed by atoms with Gasteiger partial charge in [0.2, 0.25) is 11.8 Å². The number of aryl methyl sites for hydroxylation is 1. The molecule has 1 N–H and O–H groups in total. The van der Waals surface area contributed by atoms with Crippen LogP contribution in [0, 0.1) is 12.7 Å². The van der Waals surface area contributed by atoms with Gasteiger partial charge in [-0.1, -0.05) is 67.4 Å². The van der Waals surface area contributed by atoms with Crippen LogP contribution in [0.3, 0.4) is 0 Å². The summed E-state index contributed by atoms with van der Waals surface area (Å²) < 4.78 is 42.5. The molecule has 1 aliphatic carbocycles. The van der Waals surface area contributed by atoms with Crippen molar-refractivity contribution in [2.24, 2.45) is 0 Å². The summed E-state index contributed by atoms with van der Waals surface area (Å²) in [6.45, 7) is 1.48. The zero-order valence-corrected chi connectivity index (χ0v) is 25.2. The van der Waals surface area contributed by atoms with Crippen LogP contribution in [0.1, 0.15) is 42.4 Å². The zero-order valence-electron chi connectivity index (χ0n) is 24.4. The number of nitrogens with zero attached hydrogens (tertiary/aromatic N) is 3. The van der Waals surface area contributed by atoms with Gasteiger partial charge < -0.3 is 10.2 Å². The smallest absolute Gasteiger partial charge is 0.304 e. The van der Waals surface area contributed by atoms with Gasteiger partial charge in [-0.3, -0.25) is 9.59 Å². The highest BCUT2D eigenvalue weighted by Crippen LogP contribution is 2.24. The average Bonchev–Trinajstić information content (AvgIpc) is 3.48. The number of halogens is 1. The Morgan fingerprint density at radius 2 is 1.55 bits per heavy atom. The van der Waals surface area contributed by atoms with Crippen molar-refractivity contribution in [3.8, 4) is 0 Å². The van der Waals surface area contributed by atoms with Gasteiger partial charge in [0.25, 0.3) is 0 Å². The average molecular weight is 595 g/mol. The molecule has 10 heteroatoms. The number of hydrogen-bond donors (Lipinski definition) is 1. The van der Waals surface area contributed by atoms with E-state index < -0.39 is 34.5 Å². The van der Waals surface area contributed by atoms with E-state index in [0.29, 0.717) is 0 Å². The number of amides is 2. The van der Waals surface area contributed by atoms with Crippen LogP contribution in [-0.4, -0.2) is 62.2 Å². The molecule has 0 radical (unpaired) electrons. The van der Waals surface area contributed by atoms with Gasteiger partial charge in [0.05, 0.1) is 5.69 Å². The number of carbonyl (C=O) groups excluding carboxylic acids is 2. The molecule has 42 heavy (non-hydrogen) atoms. The normalized spacial score (nSPS) is 14.5. The van der Waals surface area contributed by atoms with Crippen LogP contribution in [0.15, 0.2) is 78.9 Å². The molecule has 2 amide bonds. The molecule has 1 saturated carbocycles. The molecule has 224 valence electrons. The van der Waals surface area contributed by atoms with E-state index in [9.17, 15) is 22.4 Å². The number of anilines is 1. The second-order valence-corrected chi connectivity index (χ2v) is 13.0. The first-order chi connectivity index (χ1) is 20.1. The van der Waals surface area contributed by atoms with E-state index in [-0.39, 0.29) is 30.6 Å². The summed E-state index contributed by atoms with van der Waals surface area (Å²) in [5.41, 5.74) is 2.81. The van der Waals surface area contributed by atoms with Gasteiger partial charge in [0, 0.05) is 33.1 Å². The summed E-state index contributed by atoms with van der Waals surface area (Å²) in [5, 5.41) is 3.16. The molecule has 1 fully saturated rings. The van der Waals surface area contributed by atoms with Crippen molar-refractivity contribution in [2.45, 2.75) is 57.7 Å². The lowest BCUT2D eigenvalue weighted by Gasteiger charge is -2.35. The minimum absolute atomic E-state index is 0.0380. The molecular weight excluding hydrogens is 555 g/mol. The van der Waals surface area contributed by atoms with Gasteiger partial charge in [0.15, 0.2) is 0 Å². The van der Waals surface area contributed by atoms with Gasteiger partial charge in [-0.15, -0.1) is 0 Å². The second-order valence-electron chi connectivity index (χ2n) is 10.9. The van der Waals surface area contributed by atoms with Crippen LogP contribution in [0.5, 0.6) is 0 Å². The molecule has 0 aromatic heterocycles. The van der Waals surface area contributed by atoms with Crippen molar-refractivity contribution in [3.05, 3.63) is 101 Å². The van der Waals surface area contributed by atoms with Crippen molar-refractivity contribution in [2.75, 3.05) is 24.9 Å². The van der Waals surface area contributed by atoms with Crippen LogP contribution in [0.25, 0.3) is 0 Å². The van der Waals surface area contributed by atoms with Gasteiger partial charge >= 0.3 is 10.2 Å². The van der Waals surface area contributed by atoms with Crippen LogP contribution >= 0.6 is 0 Å². The first kappa shape index (κ1) is 31.2. The molecule has 3 aromatic carbocycles. The molecule has 0 heterocycles. The van der Waals surface area contributed by atoms with Crippen molar-refractivity contribution < 1.29 is 22.4 Å². The molecular formula is C32H39FN4O4S. The van der Waals surface area contributed by atoms with Crippen LogP contribution in [0.2, 0.25) is 0 Å². The minimum atomic E-state index is -4.14. The number of rotatable bonds is 12. The number of hydrogen-bond acceptors (Lipinski definition) is 4. The van der Waals surface area contributed by atoms with E-state index in [1.807, 2.05) is 61.5 Å². The fourth-order valence-electron chi connectivity index (χ4n) is 5.22. The molecule has 0 unspecified atom stereocenters. The summed E-state index contributed by atoms with van der Waals surface area (Å²) in [7, 11) is -1.40. The van der Waals surface area contributed by atoms with Crippen molar-refractivity contribution in [1.29, 1.82) is 0 Å². The Balaban J connectivity index is 1.76. The highest BCUT2D eigenvalue weighted by Gasteiger charge is 2.35. The van der Waals surface area contributed by atoms with Gasteiger partial charge in [-0.2, -0.15) is 12.7 Å². The van der Waals surface area contributed by atoms with Crippen molar-refractivity contribution in [3.63, 3.8) is 0 Å². The molecule has 0 aliphatic heterocycles. The Kier molecular flexibility index (Phi) is 10.3. The summed E-state index contributed by atoms with van der Waals surface area (Å²) in [4.78, 5) is 29.7. The lowest BCUT2D eigenvalue weighted by Crippen LogP contribution is -2.55. The molecule has 0 saturated heterocycles. The standard InChI is InChI=1S/C32H39FN4O4S/c1-24-11-7-8-14-26(24)22-36(30(21-25-12-5-4-6-13-25)32(39)34-28-15-9-10-16-28)31(38)23-37(42(40,41)35(2)3)29-19-17-27(33)18-20-29/h4-8,11-14,17-20,28,30H,9-10,15-16,21-23H2,1-3H3,(H,34,39)/t30-/m0/s1. The SMILES string of the molecule is Cc1ccccc1CN(C(=O)CN(c1ccc(F)cc1)S(=O)(=O)N(C)C)[C@@H](Cc1ccccc1)C(=O)NC1CCCC1. The van der Waals surface area contributed by atoms with E-state index in [1.165, 1.54) is 31.1 Å². The summed E-state index contributed by atoms with van der Waals surface area (Å²) in [6.07, 6.45) is 4.10. The summed E-state index contributed by atoms with van der Waals surface area (Å²) >= 11 is 0. The maximum Gasteiger partial charge on any atom is 0.304 e. The highest BCUT2D eigenvalue weighted by atomic mass is 32.2. The predicted octanol–water partition coefficient (Wildman–Crippen LogP) is 4.45. The van der Waals surface area contributed by atoms with Crippen LogP contribution in [0.4, 0.5) is 10.1 Å². The number of nitrogens with one attached hydrogen (secondary N) is 1. The third-order valence-electron chi connectivity index (χ3n) is 7.71. The Morgan fingerprint density at radius 3 is 2.17 bits per heavy atom. The maximum atomic E-state index is 14.3. The first-order valence-electron chi connectivity index (χ1n) is 14.2. The van der Waals surface area contributed by atoms with E-state index in [1.54, 1.807) is 0 Å². The quantitative estimate of drug-likeness (QED) is 0.336. The predicted molar refractivity (Wildman–Crippen MR) is 162 cm³/mol. The lowest BCUT2D eigenvalue weighted by atomic mass is 10.0. The largest absolute Gasteiger partial charge is 0.352 e. The van der Waals surface area contributed by atoms with E-state index in [4.69, 9.17) is 0 Å². The maximum absolute atomic E-state index is 14.3. The zero-order chi connectivity index (χ0) is 30.3. The van der Waals surface area contributed by atoms with Gasteiger partial charge in [-0.05, 0) is 60.7 Å².